The van der Waals surface area contributed by atoms with Crippen LogP contribution < -0.4 is 0 Å². The standard InChI is InChI=1S/C7H6O3S/c8-5-1-3-6(4-2-5)11-7(9)10/h1-4,8H,(H,9,10). The monoisotopic (exact) mass is 170 g/mol. The van der Waals surface area contributed by atoms with Crippen LogP contribution in [0, 0.1) is 0 Å². The highest BCUT2D eigenvalue weighted by atomic mass is 32.2. The summed E-state index contributed by atoms with van der Waals surface area (Å²) in [7, 11) is 0. The van der Waals surface area contributed by atoms with E-state index in [-0.39, 0.29) is 5.75 Å². The molecule has 0 spiro atoms. The molecule has 1 aromatic rings. The fraction of sp³-hybridized carbons (Fsp3) is 0. The van der Waals surface area contributed by atoms with Crippen molar-refractivity contribution in [3.8, 4) is 5.75 Å². The number of rotatable bonds is 1. The molecule has 0 heterocycles. The second-order valence-electron chi connectivity index (χ2n) is 1.86. The first-order valence-electron chi connectivity index (χ1n) is 2.88. The molecule has 1 rings (SSSR count). The number of phenolic OH excluding ortho intramolecular Hbond substituents is 1. The third kappa shape index (κ3) is 2.51. The number of aromatic hydroxyl groups is 1. The van der Waals surface area contributed by atoms with Crippen LogP contribution in [0.15, 0.2) is 29.2 Å². The first-order valence-corrected chi connectivity index (χ1v) is 3.70. The largest absolute Gasteiger partial charge is 0.508 e. The molecule has 0 saturated heterocycles. The number of carbonyl (C=O) groups is 1. The van der Waals surface area contributed by atoms with Crippen molar-refractivity contribution in [3.63, 3.8) is 0 Å². The minimum absolute atomic E-state index is 0.139. The summed E-state index contributed by atoms with van der Waals surface area (Å²) in [5.41, 5.74) is 0. The first kappa shape index (κ1) is 7.94. The van der Waals surface area contributed by atoms with Crippen LogP contribution in [0.25, 0.3) is 0 Å². The van der Waals surface area contributed by atoms with Gasteiger partial charge in [0.15, 0.2) is 0 Å². The zero-order chi connectivity index (χ0) is 8.27. The van der Waals surface area contributed by atoms with E-state index in [1.54, 1.807) is 12.1 Å². The molecule has 0 aliphatic rings. The predicted octanol–water partition coefficient (Wildman–Crippen LogP) is 2.16. The SMILES string of the molecule is O=C(O)Sc1ccc(O)cc1. The maximum Gasteiger partial charge on any atom is 0.369 e. The van der Waals surface area contributed by atoms with Gasteiger partial charge in [-0.3, -0.25) is 0 Å². The van der Waals surface area contributed by atoms with Crippen LogP contribution in [-0.2, 0) is 0 Å². The zero-order valence-corrected chi connectivity index (χ0v) is 6.34. The van der Waals surface area contributed by atoms with Crippen LogP contribution in [0.2, 0.25) is 0 Å². The van der Waals surface area contributed by atoms with E-state index in [1.165, 1.54) is 12.1 Å². The Kier molecular flexibility index (Phi) is 2.38. The van der Waals surface area contributed by atoms with Gasteiger partial charge in [0.2, 0.25) is 0 Å². The molecule has 0 atom stereocenters. The van der Waals surface area contributed by atoms with Gasteiger partial charge in [-0.15, -0.1) is 0 Å². The molecule has 0 unspecified atom stereocenters. The quantitative estimate of drug-likeness (QED) is 0.634. The van der Waals surface area contributed by atoms with Gasteiger partial charge in [0.1, 0.15) is 5.75 Å². The number of thioether (sulfide) groups is 1. The van der Waals surface area contributed by atoms with Crippen molar-refractivity contribution < 1.29 is 15.0 Å². The molecule has 0 bridgehead atoms. The number of hydrogen-bond donors (Lipinski definition) is 2. The van der Waals surface area contributed by atoms with E-state index in [0.717, 1.165) is 0 Å². The Morgan fingerprint density at radius 1 is 1.27 bits per heavy atom. The molecule has 58 valence electrons. The second-order valence-corrected chi connectivity index (χ2v) is 2.89. The second kappa shape index (κ2) is 3.30. The number of phenols is 1. The summed E-state index contributed by atoms with van der Waals surface area (Å²) in [4.78, 5) is 10.8. The summed E-state index contributed by atoms with van der Waals surface area (Å²) in [5, 5.41) is 16.2. The Bertz CT molecular complexity index is 255. The van der Waals surface area contributed by atoms with Crippen LogP contribution >= 0.6 is 11.8 Å². The zero-order valence-electron chi connectivity index (χ0n) is 5.52. The van der Waals surface area contributed by atoms with Gasteiger partial charge in [-0.1, -0.05) is 0 Å². The van der Waals surface area contributed by atoms with Gasteiger partial charge in [0.05, 0.1) is 0 Å². The van der Waals surface area contributed by atoms with Gasteiger partial charge >= 0.3 is 5.30 Å². The Hall–Kier alpha value is -1.16. The lowest BCUT2D eigenvalue weighted by Gasteiger charge is -1.94. The molecule has 11 heavy (non-hydrogen) atoms. The van der Waals surface area contributed by atoms with Gasteiger partial charge in [-0.25, -0.2) is 4.79 Å². The lowest BCUT2D eigenvalue weighted by Crippen LogP contribution is -1.81. The summed E-state index contributed by atoms with van der Waals surface area (Å²) in [6.45, 7) is 0. The van der Waals surface area contributed by atoms with Crippen molar-refractivity contribution in [2.45, 2.75) is 4.90 Å². The van der Waals surface area contributed by atoms with E-state index in [9.17, 15) is 4.79 Å². The summed E-state index contributed by atoms with van der Waals surface area (Å²) in [6, 6.07) is 6.00. The average Bonchev–Trinajstić information content (AvgIpc) is 1.93. The van der Waals surface area contributed by atoms with Gasteiger partial charge in [-0.05, 0) is 36.0 Å². The summed E-state index contributed by atoms with van der Waals surface area (Å²) in [6.07, 6.45) is 0. The van der Waals surface area contributed by atoms with Crippen molar-refractivity contribution >= 4 is 17.1 Å². The van der Waals surface area contributed by atoms with Crippen LogP contribution in [0.1, 0.15) is 0 Å². The first-order chi connectivity index (χ1) is 5.18. The van der Waals surface area contributed by atoms with Gasteiger partial charge in [0, 0.05) is 4.90 Å². The smallest absolute Gasteiger partial charge is 0.369 e. The van der Waals surface area contributed by atoms with E-state index < -0.39 is 5.30 Å². The molecule has 0 radical (unpaired) electrons. The molecule has 1 aromatic carbocycles. The highest BCUT2D eigenvalue weighted by Crippen LogP contribution is 2.20. The topological polar surface area (TPSA) is 57.5 Å². The minimum atomic E-state index is -0.948. The van der Waals surface area contributed by atoms with Crippen molar-refractivity contribution in [3.05, 3.63) is 24.3 Å². The lowest BCUT2D eigenvalue weighted by molar-refractivity contribution is 0.222. The summed E-state index contributed by atoms with van der Waals surface area (Å²) >= 11 is 0.713. The van der Waals surface area contributed by atoms with Crippen molar-refractivity contribution in [1.29, 1.82) is 0 Å². The highest BCUT2D eigenvalue weighted by Gasteiger charge is 1.99. The number of benzene rings is 1. The normalized spacial score (nSPS) is 9.45. The van der Waals surface area contributed by atoms with Crippen LogP contribution in [0.5, 0.6) is 5.75 Å². The fourth-order valence-electron chi connectivity index (χ4n) is 0.615. The van der Waals surface area contributed by atoms with Crippen molar-refractivity contribution in [1.82, 2.24) is 0 Å². The maximum absolute atomic E-state index is 10.2. The molecule has 4 heteroatoms. The fourth-order valence-corrected chi connectivity index (χ4v) is 1.09. The predicted molar refractivity (Wildman–Crippen MR) is 42.0 cm³/mol. The minimum Gasteiger partial charge on any atom is -0.508 e. The van der Waals surface area contributed by atoms with E-state index in [0.29, 0.717) is 16.7 Å². The maximum atomic E-state index is 10.2. The molecule has 0 aromatic heterocycles. The van der Waals surface area contributed by atoms with E-state index in [4.69, 9.17) is 10.2 Å². The van der Waals surface area contributed by atoms with Gasteiger partial charge in [0.25, 0.3) is 0 Å². The van der Waals surface area contributed by atoms with Crippen molar-refractivity contribution in [2.75, 3.05) is 0 Å². The van der Waals surface area contributed by atoms with Crippen LogP contribution in [0.3, 0.4) is 0 Å². The Morgan fingerprint density at radius 3 is 2.27 bits per heavy atom. The third-order valence-corrected chi connectivity index (χ3v) is 1.72. The third-order valence-electron chi connectivity index (χ3n) is 1.04. The summed E-state index contributed by atoms with van der Waals surface area (Å²) < 4.78 is 0. The molecule has 3 nitrogen and oxygen atoms in total. The summed E-state index contributed by atoms with van der Waals surface area (Å²) in [5.74, 6) is 0.139. The molecule has 0 saturated carbocycles. The molecule has 0 aliphatic heterocycles. The number of hydrogen-bond acceptors (Lipinski definition) is 3. The highest BCUT2D eigenvalue weighted by molar-refractivity contribution is 8.13. The van der Waals surface area contributed by atoms with E-state index >= 15 is 0 Å². The molecular weight excluding hydrogens is 164 g/mol. The van der Waals surface area contributed by atoms with E-state index in [1.807, 2.05) is 0 Å². The van der Waals surface area contributed by atoms with Crippen molar-refractivity contribution in [2.24, 2.45) is 0 Å². The Labute approximate surface area is 67.7 Å². The Balaban J connectivity index is 2.74. The number of carboxylic acid groups (broad SMARTS) is 1. The van der Waals surface area contributed by atoms with Gasteiger partial charge in [-0.2, -0.15) is 0 Å². The lowest BCUT2D eigenvalue weighted by atomic mass is 10.3. The average molecular weight is 170 g/mol. The Morgan fingerprint density at radius 2 is 1.82 bits per heavy atom. The molecule has 0 fully saturated rings. The molecule has 0 aliphatic carbocycles. The van der Waals surface area contributed by atoms with E-state index in [2.05, 4.69) is 0 Å². The molecule has 0 amide bonds. The molecule has 2 N–H and O–H groups in total. The van der Waals surface area contributed by atoms with Gasteiger partial charge < -0.3 is 10.2 Å². The molecular formula is C7H6O3S. The van der Waals surface area contributed by atoms with Crippen LogP contribution in [0.4, 0.5) is 4.79 Å². The van der Waals surface area contributed by atoms with Crippen LogP contribution in [-0.4, -0.2) is 15.5 Å².